The first-order chi connectivity index (χ1) is 11.9. The zero-order valence-corrected chi connectivity index (χ0v) is 12.6. The Morgan fingerprint density at radius 1 is 1.00 bits per heavy atom. The molecule has 0 spiro atoms. The van der Waals surface area contributed by atoms with Crippen molar-refractivity contribution < 1.29 is 24.1 Å². The Bertz CT molecular complexity index is 849. The molecule has 1 aliphatic rings. The predicted octanol–water partition coefficient (Wildman–Crippen LogP) is 2.16. The Kier molecular flexibility index (Phi) is 4.16. The normalized spacial score (nSPS) is 11.8. The fraction of sp³-hybridized carbons (Fsp3) is 0.133. The third kappa shape index (κ3) is 3.47. The van der Waals surface area contributed by atoms with E-state index in [0.717, 1.165) is 23.8 Å². The molecular weight excluding hydrogens is 334 g/mol. The molecule has 0 bridgehead atoms. The van der Waals surface area contributed by atoms with Gasteiger partial charge in [-0.25, -0.2) is 0 Å². The van der Waals surface area contributed by atoms with E-state index >= 15 is 0 Å². The number of nitro benzene ring substituents is 2. The lowest BCUT2D eigenvalue weighted by atomic mass is 10.1. The van der Waals surface area contributed by atoms with Gasteiger partial charge in [0.25, 0.3) is 17.3 Å². The van der Waals surface area contributed by atoms with Gasteiger partial charge in [-0.15, -0.1) is 0 Å². The highest BCUT2D eigenvalue weighted by molar-refractivity contribution is 5.95. The smallest absolute Gasteiger partial charge is 0.277 e. The van der Waals surface area contributed by atoms with Crippen LogP contribution >= 0.6 is 0 Å². The number of fused-ring (bicyclic) bond motifs is 1. The molecule has 0 saturated carbocycles. The molecule has 128 valence electrons. The van der Waals surface area contributed by atoms with Crippen molar-refractivity contribution in [2.75, 3.05) is 6.79 Å². The first-order valence-corrected chi connectivity index (χ1v) is 7.04. The van der Waals surface area contributed by atoms with Crippen LogP contribution in [0.3, 0.4) is 0 Å². The molecule has 1 aliphatic heterocycles. The summed E-state index contributed by atoms with van der Waals surface area (Å²) in [5, 5.41) is 24.3. The fourth-order valence-corrected chi connectivity index (χ4v) is 2.27. The fourth-order valence-electron chi connectivity index (χ4n) is 2.27. The molecule has 10 heteroatoms. The van der Waals surface area contributed by atoms with Crippen LogP contribution in [0.5, 0.6) is 11.5 Å². The Morgan fingerprint density at radius 2 is 1.64 bits per heavy atom. The first kappa shape index (κ1) is 16.2. The Hall–Kier alpha value is -3.69. The van der Waals surface area contributed by atoms with Crippen molar-refractivity contribution in [1.82, 2.24) is 5.32 Å². The van der Waals surface area contributed by atoms with Crippen LogP contribution in [-0.2, 0) is 6.54 Å². The van der Waals surface area contributed by atoms with E-state index in [-0.39, 0.29) is 18.9 Å². The highest BCUT2D eigenvalue weighted by Gasteiger charge is 2.20. The number of rotatable bonds is 5. The number of carbonyl (C=O) groups excluding carboxylic acids is 1. The molecule has 0 saturated heterocycles. The van der Waals surface area contributed by atoms with E-state index in [9.17, 15) is 25.0 Å². The molecule has 0 unspecified atom stereocenters. The molecule has 0 fully saturated rings. The monoisotopic (exact) mass is 345 g/mol. The number of ether oxygens (including phenoxy) is 2. The number of nitro groups is 2. The van der Waals surface area contributed by atoms with E-state index in [0.29, 0.717) is 11.5 Å². The molecule has 2 aromatic rings. The van der Waals surface area contributed by atoms with Crippen LogP contribution in [-0.4, -0.2) is 22.5 Å². The molecule has 1 heterocycles. The van der Waals surface area contributed by atoms with Gasteiger partial charge in [0.1, 0.15) is 0 Å². The van der Waals surface area contributed by atoms with Gasteiger partial charge in [-0.1, -0.05) is 6.07 Å². The number of nitrogens with one attached hydrogen (secondary N) is 1. The predicted molar refractivity (Wildman–Crippen MR) is 83.5 cm³/mol. The summed E-state index contributed by atoms with van der Waals surface area (Å²) >= 11 is 0. The molecule has 3 rings (SSSR count). The second-order valence-electron chi connectivity index (χ2n) is 5.12. The summed E-state index contributed by atoms with van der Waals surface area (Å²) in [4.78, 5) is 32.3. The summed E-state index contributed by atoms with van der Waals surface area (Å²) in [7, 11) is 0. The van der Waals surface area contributed by atoms with Gasteiger partial charge in [0.05, 0.1) is 21.5 Å². The molecule has 2 aromatic carbocycles. The Morgan fingerprint density at radius 3 is 2.28 bits per heavy atom. The number of benzene rings is 2. The van der Waals surface area contributed by atoms with Gasteiger partial charge in [0.2, 0.25) is 6.79 Å². The van der Waals surface area contributed by atoms with Crippen LogP contribution in [0, 0.1) is 20.2 Å². The molecule has 0 aromatic heterocycles. The zero-order valence-electron chi connectivity index (χ0n) is 12.6. The van der Waals surface area contributed by atoms with Crippen LogP contribution in [0.2, 0.25) is 0 Å². The van der Waals surface area contributed by atoms with Crippen molar-refractivity contribution in [3.8, 4) is 11.5 Å². The molecule has 10 nitrogen and oxygen atoms in total. The highest BCUT2D eigenvalue weighted by atomic mass is 16.7. The van der Waals surface area contributed by atoms with E-state index in [2.05, 4.69) is 5.32 Å². The van der Waals surface area contributed by atoms with E-state index in [1.54, 1.807) is 18.2 Å². The maximum Gasteiger partial charge on any atom is 0.277 e. The maximum atomic E-state index is 12.2. The van der Waals surface area contributed by atoms with Crippen LogP contribution in [0.4, 0.5) is 11.4 Å². The summed E-state index contributed by atoms with van der Waals surface area (Å²) in [6, 6.07) is 7.89. The first-order valence-electron chi connectivity index (χ1n) is 7.04. The molecule has 1 amide bonds. The highest BCUT2D eigenvalue weighted by Crippen LogP contribution is 2.32. The Balaban J connectivity index is 1.76. The van der Waals surface area contributed by atoms with Gasteiger partial charge in [-0.2, -0.15) is 0 Å². The van der Waals surface area contributed by atoms with Gasteiger partial charge in [-0.05, 0) is 17.7 Å². The van der Waals surface area contributed by atoms with Crippen LogP contribution in [0.25, 0.3) is 0 Å². The van der Waals surface area contributed by atoms with Crippen LogP contribution < -0.4 is 14.8 Å². The zero-order chi connectivity index (χ0) is 18.0. The number of nitrogens with zero attached hydrogens (tertiary/aromatic N) is 2. The Labute approximate surface area is 140 Å². The van der Waals surface area contributed by atoms with E-state index in [4.69, 9.17) is 9.47 Å². The van der Waals surface area contributed by atoms with Gasteiger partial charge in [-0.3, -0.25) is 25.0 Å². The molecular formula is C15H11N3O7. The van der Waals surface area contributed by atoms with Crippen molar-refractivity contribution in [3.05, 3.63) is 67.8 Å². The third-order valence-electron chi connectivity index (χ3n) is 3.48. The molecule has 25 heavy (non-hydrogen) atoms. The van der Waals surface area contributed by atoms with Gasteiger partial charge in [0.15, 0.2) is 11.5 Å². The maximum absolute atomic E-state index is 12.2. The molecule has 0 radical (unpaired) electrons. The number of hydrogen-bond acceptors (Lipinski definition) is 7. The second-order valence-corrected chi connectivity index (χ2v) is 5.12. The minimum atomic E-state index is -0.790. The topological polar surface area (TPSA) is 134 Å². The molecule has 0 aliphatic carbocycles. The molecule has 1 N–H and O–H groups in total. The van der Waals surface area contributed by atoms with Gasteiger partial charge >= 0.3 is 0 Å². The third-order valence-corrected chi connectivity index (χ3v) is 3.48. The van der Waals surface area contributed by atoms with Crippen LogP contribution in [0.1, 0.15) is 15.9 Å². The van der Waals surface area contributed by atoms with Crippen molar-refractivity contribution >= 4 is 17.3 Å². The van der Waals surface area contributed by atoms with Crippen molar-refractivity contribution in [3.63, 3.8) is 0 Å². The standard InChI is InChI=1S/C15H11N3O7/c19-15(10-4-11(17(20)21)6-12(5-10)18(22)23)16-7-9-1-2-13-14(3-9)25-8-24-13/h1-6H,7-8H2,(H,16,19). The molecule has 0 atom stereocenters. The number of carbonyl (C=O) groups is 1. The summed E-state index contributed by atoms with van der Waals surface area (Å²) in [5.74, 6) is 0.492. The van der Waals surface area contributed by atoms with E-state index < -0.39 is 27.1 Å². The summed E-state index contributed by atoms with van der Waals surface area (Å²) in [6.07, 6.45) is 0. The van der Waals surface area contributed by atoms with E-state index in [1.165, 1.54) is 0 Å². The number of non-ortho nitro benzene ring substituents is 2. The largest absolute Gasteiger partial charge is 0.454 e. The second kappa shape index (κ2) is 6.43. The van der Waals surface area contributed by atoms with E-state index in [1.807, 2.05) is 0 Å². The average Bonchev–Trinajstić information content (AvgIpc) is 3.06. The minimum Gasteiger partial charge on any atom is -0.454 e. The SMILES string of the molecule is O=C(NCc1ccc2c(c1)OCO2)c1cc([N+](=O)[O-])cc([N+](=O)[O-])c1. The lowest BCUT2D eigenvalue weighted by Gasteiger charge is -2.06. The number of hydrogen-bond donors (Lipinski definition) is 1. The minimum absolute atomic E-state index is 0.117. The van der Waals surface area contributed by atoms with Crippen molar-refractivity contribution in [2.45, 2.75) is 6.54 Å². The summed E-state index contributed by atoms with van der Waals surface area (Å²) in [5.41, 5.74) is -0.496. The van der Waals surface area contributed by atoms with Gasteiger partial charge < -0.3 is 14.8 Å². The lowest BCUT2D eigenvalue weighted by molar-refractivity contribution is -0.394. The summed E-state index contributed by atoms with van der Waals surface area (Å²) < 4.78 is 10.4. The van der Waals surface area contributed by atoms with Gasteiger partial charge in [0, 0.05) is 18.7 Å². The summed E-state index contributed by atoms with van der Waals surface area (Å²) in [6.45, 7) is 0.245. The quantitative estimate of drug-likeness (QED) is 0.648. The van der Waals surface area contributed by atoms with Crippen molar-refractivity contribution in [1.29, 1.82) is 0 Å². The van der Waals surface area contributed by atoms with Crippen molar-refractivity contribution in [2.24, 2.45) is 0 Å². The van der Waals surface area contributed by atoms with Crippen LogP contribution in [0.15, 0.2) is 36.4 Å². The number of amides is 1. The lowest BCUT2D eigenvalue weighted by Crippen LogP contribution is -2.23. The average molecular weight is 345 g/mol.